The molecular formula is C21H30N5O2+. The van der Waals surface area contributed by atoms with Crippen LogP contribution < -0.4 is 4.68 Å². The normalized spacial score (nSPS) is 16.4. The Bertz CT molecular complexity index is 909. The molecule has 1 aliphatic rings. The summed E-state index contributed by atoms with van der Waals surface area (Å²) >= 11 is 0. The molecule has 0 saturated carbocycles. The maximum Gasteiger partial charge on any atom is 0.270 e. The Balaban J connectivity index is 1.49. The van der Waals surface area contributed by atoms with Gasteiger partial charge >= 0.3 is 0 Å². The molecule has 7 heteroatoms. The van der Waals surface area contributed by atoms with Gasteiger partial charge in [-0.15, -0.1) is 14.9 Å². The monoisotopic (exact) mass is 384 g/mol. The summed E-state index contributed by atoms with van der Waals surface area (Å²) in [5.74, 6) is 1.69. The van der Waals surface area contributed by atoms with Crippen molar-refractivity contribution in [1.82, 2.24) is 20.2 Å². The molecule has 1 saturated heterocycles. The van der Waals surface area contributed by atoms with E-state index in [1.165, 1.54) is 0 Å². The van der Waals surface area contributed by atoms with Crippen molar-refractivity contribution in [2.24, 2.45) is 0 Å². The van der Waals surface area contributed by atoms with Crippen molar-refractivity contribution in [2.75, 3.05) is 33.4 Å². The first-order chi connectivity index (χ1) is 13.7. The van der Waals surface area contributed by atoms with Crippen molar-refractivity contribution in [3.8, 4) is 11.6 Å². The van der Waals surface area contributed by atoms with Gasteiger partial charge < -0.3 is 14.1 Å². The van der Waals surface area contributed by atoms with E-state index in [0.29, 0.717) is 17.9 Å². The molecule has 0 radical (unpaired) electrons. The molecule has 2 aromatic heterocycles. The molecule has 3 heterocycles. The van der Waals surface area contributed by atoms with Gasteiger partial charge in [0.15, 0.2) is 11.7 Å². The van der Waals surface area contributed by atoms with E-state index in [0.717, 1.165) is 68.0 Å². The molecule has 0 unspecified atom stereocenters. The van der Waals surface area contributed by atoms with Crippen LogP contribution in [0.4, 0.5) is 0 Å². The zero-order valence-electron chi connectivity index (χ0n) is 17.0. The number of rotatable bonds is 7. The van der Waals surface area contributed by atoms with Crippen LogP contribution in [0.5, 0.6) is 0 Å². The molecule has 0 bridgehead atoms. The Morgan fingerprint density at radius 1 is 1.25 bits per heavy atom. The predicted molar refractivity (Wildman–Crippen MR) is 107 cm³/mol. The zero-order valence-corrected chi connectivity index (χ0v) is 17.0. The minimum Gasteiger partial charge on any atom is -0.419 e. The number of para-hydroxylation sites is 1. The molecular weight excluding hydrogens is 354 g/mol. The lowest BCUT2D eigenvalue weighted by Crippen LogP contribution is -2.38. The van der Waals surface area contributed by atoms with Crippen LogP contribution in [0, 0.1) is 0 Å². The topological polar surface area (TPSA) is 71.1 Å². The zero-order chi connectivity index (χ0) is 19.5. The largest absolute Gasteiger partial charge is 0.419 e. The second-order valence-corrected chi connectivity index (χ2v) is 7.88. The molecule has 0 spiro atoms. The van der Waals surface area contributed by atoms with Crippen LogP contribution in [-0.4, -0.2) is 53.5 Å². The third kappa shape index (κ3) is 3.82. The summed E-state index contributed by atoms with van der Waals surface area (Å²) in [4.78, 5) is 2.50. The standard InChI is InChI=1S/C21H29N5O2/c1-15(2)26-18-8-5-4-7-17(18)19(24-26)21-23-22-20(28-21)16-9-12-25(13-10-16)11-6-14-27-3/h4-5,7-8,15-16H,6,9-14H2,1-3H3/p+1. The number of nitrogens with zero attached hydrogens (tertiary/aromatic N) is 4. The summed E-state index contributed by atoms with van der Waals surface area (Å²) in [6, 6.07) is 8.64. The fourth-order valence-electron chi connectivity index (χ4n) is 4.04. The Hall–Kier alpha value is -2.25. The number of ether oxygens (including phenoxy) is 1. The van der Waals surface area contributed by atoms with Gasteiger partial charge in [-0.2, -0.15) is 5.10 Å². The van der Waals surface area contributed by atoms with E-state index < -0.39 is 0 Å². The first-order valence-corrected chi connectivity index (χ1v) is 10.2. The molecule has 28 heavy (non-hydrogen) atoms. The van der Waals surface area contributed by atoms with Crippen LogP contribution in [-0.2, 0) is 4.74 Å². The van der Waals surface area contributed by atoms with Gasteiger partial charge in [0, 0.05) is 32.2 Å². The van der Waals surface area contributed by atoms with Gasteiger partial charge in [-0.05, 0) is 52.3 Å². The highest BCUT2D eigenvalue weighted by Gasteiger charge is 2.28. The van der Waals surface area contributed by atoms with E-state index >= 15 is 0 Å². The molecule has 0 aliphatic carbocycles. The molecule has 0 atom stereocenters. The van der Waals surface area contributed by atoms with Crippen LogP contribution in [0.15, 0.2) is 28.7 Å². The second kappa shape index (κ2) is 8.41. The van der Waals surface area contributed by atoms with Crippen LogP contribution in [0.3, 0.4) is 0 Å². The number of benzene rings is 1. The Morgan fingerprint density at radius 2 is 2.04 bits per heavy atom. The maximum absolute atomic E-state index is 6.14. The van der Waals surface area contributed by atoms with Crippen LogP contribution in [0.2, 0.25) is 0 Å². The number of aromatic nitrogens is 4. The van der Waals surface area contributed by atoms with Gasteiger partial charge in [0.25, 0.3) is 5.89 Å². The third-order valence-electron chi connectivity index (χ3n) is 5.60. The average molecular weight is 385 g/mol. The van der Waals surface area contributed by atoms with Gasteiger partial charge in [-0.25, -0.2) is 0 Å². The fraction of sp³-hybridized carbons (Fsp3) is 0.571. The van der Waals surface area contributed by atoms with Crippen molar-refractivity contribution >= 4 is 10.9 Å². The summed E-state index contributed by atoms with van der Waals surface area (Å²) in [7, 11) is 1.76. The Kier molecular flexibility index (Phi) is 5.73. The minimum absolute atomic E-state index is 0.323. The summed E-state index contributed by atoms with van der Waals surface area (Å²) in [5.41, 5.74) is 2.05. The van der Waals surface area contributed by atoms with Crippen molar-refractivity contribution in [3.05, 3.63) is 30.2 Å². The number of likely N-dealkylation sites (tertiary alicyclic amines) is 1. The predicted octanol–water partition coefficient (Wildman–Crippen LogP) is 3.30. The number of hydrogen-bond acceptors (Lipinski definition) is 5. The van der Waals surface area contributed by atoms with Crippen molar-refractivity contribution in [1.29, 1.82) is 0 Å². The van der Waals surface area contributed by atoms with Crippen LogP contribution in [0.25, 0.3) is 22.5 Å². The summed E-state index contributed by atoms with van der Waals surface area (Å²) < 4.78 is 13.4. The highest BCUT2D eigenvalue weighted by atomic mass is 16.5. The van der Waals surface area contributed by atoms with Gasteiger partial charge in [0.1, 0.15) is 0 Å². The van der Waals surface area contributed by atoms with Crippen molar-refractivity contribution < 1.29 is 13.8 Å². The number of aromatic amines is 1. The van der Waals surface area contributed by atoms with E-state index in [9.17, 15) is 0 Å². The van der Waals surface area contributed by atoms with Gasteiger partial charge in [-0.1, -0.05) is 12.1 Å². The lowest BCUT2D eigenvalue weighted by molar-refractivity contribution is -0.744. The molecule has 150 valence electrons. The maximum atomic E-state index is 6.14. The molecule has 4 rings (SSSR count). The van der Waals surface area contributed by atoms with Crippen molar-refractivity contribution in [2.45, 2.75) is 45.1 Å². The average Bonchev–Trinajstić information content (AvgIpc) is 3.34. The number of hydrogen-bond donors (Lipinski definition) is 1. The van der Waals surface area contributed by atoms with Gasteiger partial charge in [0.05, 0.1) is 5.39 Å². The molecule has 1 N–H and O–H groups in total. The molecule has 7 nitrogen and oxygen atoms in total. The highest BCUT2D eigenvalue weighted by molar-refractivity contribution is 5.88. The van der Waals surface area contributed by atoms with Crippen LogP contribution >= 0.6 is 0 Å². The quantitative estimate of drug-likeness (QED) is 0.500. The number of fused-ring (bicyclic) bond motifs is 1. The number of nitrogens with one attached hydrogen (secondary N) is 1. The number of methoxy groups -OCH3 is 1. The summed E-state index contributed by atoms with van der Waals surface area (Å²) in [5, 5.41) is 13.3. The minimum atomic E-state index is 0.323. The van der Waals surface area contributed by atoms with E-state index in [1.54, 1.807) is 7.11 Å². The number of piperidine rings is 1. The lowest BCUT2D eigenvalue weighted by atomic mass is 9.97. The lowest BCUT2D eigenvalue weighted by Gasteiger charge is -2.30. The molecule has 3 aromatic rings. The Morgan fingerprint density at radius 3 is 2.79 bits per heavy atom. The highest BCUT2D eigenvalue weighted by Crippen LogP contribution is 2.31. The Labute approximate surface area is 165 Å². The molecule has 0 amide bonds. The third-order valence-corrected chi connectivity index (χ3v) is 5.60. The van der Waals surface area contributed by atoms with E-state index in [1.807, 2.05) is 6.07 Å². The van der Waals surface area contributed by atoms with Crippen molar-refractivity contribution in [3.63, 3.8) is 0 Å². The molecule has 1 aromatic carbocycles. The number of H-pyrrole nitrogens is 1. The van der Waals surface area contributed by atoms with Crippen LogP contribution in [0.1, 0.15) is 51.0 Å². The fourth-order valence-corrected chi connectivity index (χ4v) is 4.04. The van der Waals surface area contributed by atoms with E-state index in [2.05, 4.69) is 56.9 Å². The SMILES string of the molecule is COCCCN1CCC(c2nnc(-c3[nH][n+](C(C)C)c4ccccc34)o2)CC1. The molecule has 1 aliphatic heterocycles. The van der Waals surface area contributed by atoms with E-state index in [-0.39, 0.29) is 0 Å². The smallest absolute Gasteiger partial charge is 0.270 e. The first-order valence-electron chi connectivity index (χ1n) is 10.2. The van der Waals surface area contributed by atoms with Gasteiger partial charge in [-0.3, -0.25) is 0 Å². The van der Waals surface area contributed by atoms with Gasteiger partial charge in [0.2, 0.25) is 11.4 Å². The summed E-state index contributed by atoms with van der Waals surface area (Å²) in [6.07, 6.45) is 3.21. The first kappa shape index (κ1) is 19.1. The van der Waals surface area contributed by atoms with E-state index in [4.69, 9.17) is 9.15 Å². The second-order valence-electron chi connectivity index (χ2n) is 7.88. The molecule has 1 fully saturated rings. The summed E-state index contributed by atoms with van der Waals surface area (Å²) in [6.45, 7) is 8.39.